The number of rotatable bonds is 6. The molecular weight excluding hydrogens is 230 g/mol. The number of hydrogen-bond donors (Lipinski definition) is 0. The lowest BCUT2D eigenvalue weighted by atomic mass is 9.81. The normalized spacial score (nSPS) is 18.1. The maximum atomic E-state index is 11.9. The second kappa shape index (κ2) is 7.10. The van der Waals surface area contributed by atoms with Gasteiger partial charge >= 0.3 is 5.97 Å². The number of carbonyl (C=O) groups excluding carboxylic acids is 1. The Balaban J connectivity index is 2.15. The molecule has 0 saturated carbocycles. The first-order valence-corrected chi connectivity index (χ1v) is 6.92. The molecule has 1 aliphatic rings. The Hall–Kier alpha value is -0.610. The van der Waals surface area contributed by atoms with Crippen LogP contribution in [0.3, 0.4) is 0 Å². The third-order valence-electron chi connectivity index (χ3n) is 3.93. The van der Waals surface area contributed by atoms with Gasteiger partial charge in [0.05, 0.1) is 25.2 Å². The molecule has 0 radical (unpaired) electrons. The molecule has 0 unspecified atom stereocenters. The van der Waals surface area contributed by atoms with Gasteiger partial charge in [0.25, 0.3) is 0 Å². The van der Waals surface area contributed by atoms with Crippen molar-refractivity contribution in [2.75, 3.05) is 39.5 Å². The van der Waals surface area contributed by atoms with Gasteiger partial charge in [0.15, 0.2) is 0 Å². The van der Waals surface area contributed by atoms with Gasteiger partial charge < -0.3 is 9.47 Å². The minimum atomic E-state index is -0.390. The molecule has 1 heterocycles. The topological polar surface area (TPSA) is 38.8 Å². The fraction of sp³-hybridized carbons (Fsp3) is 0.929. The lowest BCUT2D eigenvalue weighted by Crippen LogP contribution is -2.37. The van der Waals surface area contributed by atoms with Crippen LogP contribution in [-0.4, -0.2) is 50.3 Å². The van der Waals surface area contributed by atoms with E-state index < -0.39 is 0 Å². The van der Waals surface area contributed by atoms with Gasteiger partial charge in [0, 0.05) is 19.6 Å². The first-order valence-electron chi connectivity index (χ1n) is 6.92. The Morgan fingerprint density at radius 1 is 1.33 bits per heavy atom. The molecular formula is C14H27NO3. The summed E-state index contributed by atoms with van der Waals surface area (Å²) in [5.74, 6) is 0.212. The molecule has 18 heavy (non-hydrogen) atoms. The number of ether oxygens (including phenoxy) is 2. The molecule has 4 nitrogen and oxygen atoms in total. The molecule has 0 aromatic rings. The Morgan fingerprint density at radius 3 is 2.50 bits per heavy atom. The molecule has 0 aromatic heterocycles. The van der Waals surface area contributed by atoms with Gasteiger partial charge in [-0.25, -0.2) is 0 Å². The van der Waals surface area contributed by atoms with Gasteiger partial charge in [-0.05, 0) is 26.2 Å². The molecule has 1 rings (SSSR count). The fourth-order valence-electron chi connectivity index (χ4n) is 1.70. The van der Waals surface area contributed by atoms with Crippen LogP contribution in [0.4, 0.5) is 0 Å². The van der Waals surface area contributed by atoms with E-state index >= 15 is 0 Å². The summed E-state index contributed by atoms with van der Waals surface area (Å²) in [5.41, 5.74) is -0.390. The number of morpholine rings is 1. The molecule has 0 spiro atoms. The van der Waals surface area contributed by atoms with Crippen molar-refractivity contribution < 1.29 is 14.3 Å². The monoisotopic (exact) mass is 257 g/mol. The Kier molecular flexibility index (Phi) is 6.09. The van der Waals surface area contributed by atoms with Gasteiger partial charge in [-0.1, -0.05) is 13.8 Å². The SMILES string of the molecule is CC(C)C(C)(C)C(=O)OCCCN1CCOCC1. The van der Waals surface area contributed by atoms with Crippen molar-refractivity contribution in [3.8, 4) is 0 Å². The molecule has 0 bridgehead atoms. The van der Waals surface area contributed by atoms with E-state index in [2.05, 4.69) is 18.7 Å². The minimum absolute atomic E-state index is 0.0838. The fourth-order valence-corrected chi connectivity index (χ4v) is 1.70. The van der Waals surface area contributed by atoms with Crippen LogP contribution in [-0.2, 0) is 14.3 Å². The van der Waals surface area contributed by atoms with E-state index in [1.165, 1.54) is 0 Å². The highest BCUT2D eigenvalue weighted by Gasteiger charge is 2.32. The lowest BCUT2D eigenvalue weighted by Gasteiger charge is -2.28. The highest BCUT2D eigenvalue weighted by atomic mass is 16.5. The summed E-state index contributed by atoms with van der Waals surface area (Å²) in [7, 11) is 0. The molecule has 1 saturated heterocycles. The zero-order valence-electron chi connectivity index (χ0n) is 12.2. The van der Waals surface area contributed by atoms with Crippen LogP contribution >= 0.6 is 0 Å². The summed E-state index contributed by atoms with van der Waals surface area (Å²) in [5, 5.41) is 0. The zero-order chi connectivity index (χ0) is 13.6. The van der Waals surface area contributed by atoms with Gasteiger partial charge in [-0.2, -0.15) is 0 Å². The van der Waals surface area contributed by atoms with Crippen LogP contribution in [0, 0.1) is 11.3 Å². The number of hydrogen-bond acceptors (Lipinski definition) is 4. The quantitative estimate of drug-likeness (QED) is 0.538. The Labute approximate surface area is 111 Å². The molecule has 4 heteroatoms. The molecule has 0 aromatic carbocycles. The summed E-state index contributed by atoms with van der Waals surface area (Å²) in [6, 6.07) is 0. The van der Waals surface area contributed by atoms with Crippen molar-refractivity contribution in [2.45, 2.75) is 34.1 Å². The predicted molar refractivity (Wildman–Crippen MR) is 71.5 cm³/mol. The summed E-state index contributed by atoms with van der Waals surface area (Å²) in [4.78, 5) is 14.3. The van der Waals surface area contributed by atoms with Crippen molar-refractivity contribution in [1.29, 1.82) is 0 Å². The third kappa shape index (κ3) is 4.58. The second-order valence-electron chi connectivity index (χ2n) is 5.82. The van der Waals surface area contributed by atoms with Crippen LogP contribution in [0.15, 0.2) is 0 Å². The van der Waals surface area contributed by atoms with E-state index in [1.54, 1.807) is 0 Å². The minimum Gasteiger partial charge on any atom is -0.465 e. The van der Waals surface area contributed by atoms with Gasteiger partial charge in [0.2, 0.25) is 0 Å². The van der Waals surface area contributed by atoms with Crippen LogP contribution in [0.1, 0.15) is 34.1 Å². The van der Waals surface area contributed by atoms with E-state index in [9.17, 15) is 4.79 Å². The molecule has 1 aliphatic heterocycles. The molecule has 0 atom stereocenters. The molecule has 0 aliphatic carbocycles. The average molecular weight is 257 g/mol. The van der Waals surface area contributed by atoms with E-state index in [0.717, 1.165) is 39.3 Å². The van der Waals surface area contributed by atoms with Crippen molar-refractivity contribution in [2.24, 2.45) is 11.3 Å². The predicted octanol–water partition coefficient (Wildman–Crippen LogP) is 1.93. The maximum Gasteiger partial charge on any atom is 0.311 e. The van der Waals surface area contributed by atoms with Crippen molar-refractivity contribution in [1.82, 2.24) is 4.90 Å². The van der Waals surface area contributed by atoms with Crippen LogP contribution in [0.25, 0.3) is 0 Å². The maximum absolute atomic E-state index is 11.9. The van der Waals surface area contributed by atoms with Crippen LogP contribution in [0.2, 0.25) is 0 Å². The number of nitrogens with zero attached hydrogens (tertiary/aromatic N) is 1. The Morgan fingerprint density at radius 2 is 1.94 bits per heavy atom. The van der Waals surface area contributed by atoms with Gasteiger partial charge in [0.1, 0.15) is 0 Å². The van der Waals surface area contributed by atoms with Gasteiger partial charge in [-0.3, -0.25) is 9.69 Å². The first-order chi connectivity index (χ1) is 8.44. The third-order valence-corrected chi connectivity index (χ3v) is 3.93. The number of esters is 1. The van der Waals surface area contributed by atoms with E-state index in [0.29, 0.717) is 12.5 Å². The standard InChI is InChI=1S/C14H27NO3/c1-12(2)14(3,4)13(16)18-9-5-6-15-7-10-17-11-8-15/h12H,5-11H2,1-4H3. The van der Waals surface area contributed by atoms with Crippen LogP contribution in [0.5, 0.6) is 0 Å². The zero-order valence-corrected chi connectivity index (χ0v) is 12.2. The first kappa shape index (κ1) is 15.4. The van der Waals surface area contributed by atoms with Crippen molar-refractivity contribution in [3.05, 3.63) is 0 Å². The summed E-state index contributed by atoms with van der Waals surface area (Å²) < 4.78 is 10.7. The smallest absolute Gasteiger partial charge is 0.311 e. The molecule has 106 valence electrons. The summed E-state index contributed by atoms with van der Waals surface area (Å²) in [6.07, 6.45) is 0.903. The summed E-state index contributed by atoms with van der Waals surface area (Å²) >= 11 is 0. The number of carbonyl (C=O) groups is 1. The lowest BCUT2D eigenvalue weighted by molar-refractivity contribution is -0.156. The van der Waals surface area contributed by atoms with E-state index in [4.69, 9.17) is 9.47 Å². The molecule has 0 amide bonds. The Bertz CT molecular complexity index is 258. The van der Waals surface area contributed by atoms with Crippen LogP contribution < -0.4 is 0 Å². The highest BCUT2D eigenvalue weighted by molar-refractivity contribution is 5.76. The average Bonchev–Trinajstić information content (AvgIpc) is 2.35. The van der Waals surface area contributed by atoms with Crippen molar-refractivity contribution >= 4 is 5.97 Å². The van der Waals surface area contributed by atoms with Crippen molar-refractivity contribution in [3.63, 3.8) is 0 Å². The van der Waals surface area contributed by atoms with E-state index in [-0.39, 0.29) is 11.4 Å². The second-order valence-corrected chi connectivity index (χ2v) is 5.82. The molecule has 0 N–H and O–H groups in total. The van der Waals surface area contributed by atoms with E-state index in [1.807, 2.05) is 13.8 Å². The molecule has 1 fully saturated rings. The highest BCUT2D eigenvalue weighted by Crippen LogP contribution is 2.27. The summed E-state index contributed by atoms with van der Waals surface area (Å²) in [6.45, 7) is 13.1. The largest absolute Gasteiger partial charge is 0.465 e. The van der Waals surface area contributed by atoms with Gasteiger partial charge in [-0.15, -0.1) is 0 Å².